The highest BCUT2D eigenvalue weighted by molar-refractivity contribution is 7.92. The average molecular weight is 663 g/mol. The summed E-state index contributed by atoms with van der Waals surface area (Å²) in [4.78, 5) is 21.4. The zero-order valence-corrected chi connectivity index (χ0v) is 24.8. The van der Waals surface area contributed by atoms with Crippen LogP contribution in [0.3, 0.4) is 0 Å². The zero-order chi connectivity index (χ0) is 31.6. The zero-order valence-electron chi connectivity index (χ0n) is 22.5. The molecule has 1 saturated heterocycles. The van der Waals surface area contributed by atoms with Crippen molar-refractivity contribution in [3.63, 3.8) is 0 Å². The van der Waals surface area contributed by atoms with Gasteiger partial charge in [-0.25, -0.2) is 13.2 Å². The van der Waals surface area contributed by atoms with Crippen molar-refractivity contribution in [1.82, 2.24) is 10.6 Å². The number of anilines is 1. The molecule has 1 aliphatic heterocycles. The number of hydrogen-bond donors (Lipinski definition) is 4. The highest BCUT2D eigenvalue weighted by atomic mass is 35.5. The number of carbonyl (C=O) groups is 2. The number of piperidine rings is 1. The lowest BCUT2D eigenvalue weighted by Crippen LogP contribution is -2.31. The summed E-state index contributed by atoms with van der Waals surface area (Å²) in [6, 6.07) is 17.2. The fourth-order valence-corrected chi connectivity index (χ4v) is 5.49. The normalized spacial score (nSPS) is 13.8. The van der Waals surface area contributed by atoms with Gasteiger partial charge in [0.2, 0.25) is 0 Å². The number of sulfonamides is 1. The minimum atomic E-state index is -5.08. The molecule has 4 rings (SSSR count). The van der Waals surface area contributed by atoms with Crippen molar-refractivity contribution in [1.29, 1.82) is 0 Å². The van der Waals surface area contributed by atoms with Gasteiger partial charge in [0, 0.05) is 17.1 Å². The van der Waals surface area contributed by atoms with E-state index >= 15 is 0 Å². The van der Waals surface area contributed by atoms with Gasteiger partial charge in [0.05, 0.1) is 15.6 Å². The van der Waals surface area contributed by atoms with E-state index in [0.717, 1.165) is 32.4 Å². The number of nitrogens with one attached hydrogen (secondary N) is 3. The molecule has 0 atom stereocenters. The SMILES string of the molecule is O=C(NCCC1CCNCC1)c1ccc(S(=O)(=O)Nc2ccccc2Oc2ccc(Cl)cc2Cl)cc1.O=C(O)C(F)(F)F. The van der Waals surface area contributed by atoms with E-state index < -0.39 is 22.2 Å². The summed E-state index contributed by atoms with van der Waals surface area (Å²) in [6.07, 6.45) is -1.90. The highest BCUT2D eigenvalue weighted by Gasteiger charge is 2.38. The summed E-state index contributed by atoms with van der Waals surface area (Å²) in [7, 11) is -3.94. The molecule has 0 spiro atoms. The quantitative estimate of drug-likeness (QED) is 0.210. The Balaban J connectivity index is 0.000000646. The van der Waals surface area contributed by atoms with Gasteiger partial charge in [-0.1, -0.05) is 35.3 Å². The summed E-state index contributed by atoms with van der Waals surface area (Å²) >= 11 is 12.1. The van der Waals surface area contributed by atoms with Crippen LogP contribution in [0.1, 0.15) is 29.6 Å². The molecule has 15 heteroatoms. The fraction of sp³-hybridized carbons (Fsp3) is 0.286. The number of halogens is 5. The maximum Gasteiger partial charge on any atom is 0.490 e. The summed E-state index contributed by atoms with van der Waals surface area (Å²) in [6.45, 7) is 2.64. The second-order valence-electron chi connectivity index (χ2n) is 9.34. The summed E-state index contributed by atoms with van der Waals surface area (Å²) in [5, 5.41) is 14.1. The molecular weight excluding hydrogens is 634 g/mol. The van der Waals surface area contributed by atoms with Crippen LogP contribution in [0.4, 0.5) is 18.9 Å². The third-order valence-corrected chi connectivity index (χ3v) is 8.12. The van der Waals surface area contributed by atoms with Crippen molar-refractivity contribution in [2.24, 2.45) is 5.92 Å². The van der Waals surface area contributed by atoms with E-state index in [-0.39, 0.29) is 22.2 Å². The van der Waals surface area contributed by atoms with Crippen molar-refractivity contribution in [2.45, 2.75) is 30.3 Å². The molecule has 0 radical (unpaired) electrons. The summed E-state index contributed by atoms with van der Waals surface area (Å²) in [5.74, 6) is -1.75. The Morgan fingerprint density at radius 2 is 1.60 bits per heavy atom. The largest absolute Gasteiger partial charge is 0.490 e. The van der Waals surface area contributed by atoms with Gasteiger partial charge in [-0.15, -0.1) is 0 Å². The van der Waals surface area contributed by atoms with Crippen LogP contribution in [0.2, 0.25) is 10.0 Å². The van der Waals surface area contributed by atoms with Gasteiger partial charge < -0.3 is 20.5 Å². The first kappa shape index (κ1) is 34.0. The third kappa shape index (κ3) is 10.6. The van der Waals surface area contributed by atoms with Crippen molar-refractivity contribution in [2.75, 3.05) is 24.4 Å². The Labute approximate surface area is 256 Å². The first-order valence-corrected chi connectivity index (χ1v) is 15.1. The number of rotatable bonds is 9. The number of amides is 1. The highest BCUT2D eigenvalue weighted by Crippen LogP contribution is 2.35. The Morgan fingerprint density at radius 1 is 0.977 bits per heavy atom. The van der Waals surface area contributed by atoms with Crippen LogP contribution in [-0.2, 0) is 14.8 Å². The van der Waals surface area contributed by atoms with Crippen LogP contribution >= 0.6 is 23.2 Å². The Hall–Kier alpha value is -3.52. The van der Waals surface area contributed by atoms with Crippen molar-refractivity contribution in [3.8, 4) is 11.5 Å². The number of hydrogen-bond acceptors (Lipinski definition) is 6. The van der Waals surface area contributed by atoms with Gasteiger partial charge >= 0.3 is 12.1 Å². The minimum Gasteiger partial charge on any atom is -0.475 e. The van der Waals surface area contributed by atoms with E-state index in [4.69, 9.17) is 37.8 Å². The molecule has 9 nitrogen and oxygen atoms in total. The van der Waals surface area contributed by atoms with E-state index in [2.05, 4.69) is 15.4 Å². The Kier molecular flexibility index (Phi) is 12.1. The molecule has 3 aromatic rings. The monoisotopic (exact) mass is 661 g/mol. The average Bonchev–Trinajstić information content (AvgIpc) is 2.96. The number of carbonyl (C=O) groups excluding carboxylic acids is 1. The second kappa shape index (κ2) is 15.3. The van der Waals surface area contributed by atoms with E-state index in [1.807, 2.05) is 0 Å². The molecule has 1 amide bonds. The predicted molar refractivity (Wildman–Crippen MR) is 156 cm³/mol. The molecule has 43 heavy (non-hydrogen) atoms. The number of para-hydroxylation sites is 2. The topological polar surface area (TPSA) is 134 Å². The maximum absolute atomic E-state index is 13.0. The Morgan fingerprint density at radius 3 is 2.21 bits per heavy atom. The van der Waals surface area contributed by atoms with Crippen LogP contribution in [0, 0.1) is 5.92 Å². The molecule has 0 aromatic heterocycles. The number of carboxylic acid groups (broad SMARTS) is 1. The van der Waals surface area contributed by atoms with E-state index in [1.165, 1.54) is 30.3 Å². The van der Waals surface area contributed by atoms with E-state index in [0.29, 0.717) is 33.8 Å². The number of benzene rings is 3. The van der Waals surface area contributed by atoms with Gasteiger partial charge in [0.15, 0.2) is 5.75 Å². The van der Waals surface area contributed by atoms with Crippen molar-refractivity contribution in [3.05, 3.63) is 82.3 Å². The molecule has 0 aliphatic carbocycles. The molecule has 0 unspecified atom stereocenters. The van der Waals surface area contributed by atoms with Gasteiger partial charge in [0.25, 0.3) is 15.9 Å². The molecular formula is C28H28Cl2F3N3O6S. The van der Waals surface area contributed by atoms with Crippen molar-refractivity contribution < 1.29 is 41.0 Å². The first-order valence-electron chi connectivity index (χ1n) is 12.9. The lowest BCUT2D eigenvalue weighted by molar-refractivity contribution is -0.192. The van der Waals surface area contributed by atoms with Crippen molar-refractivity contribution >= 4 is 50.8 Å². The van der Waals surface area contributed by atoms with Crippen LogP contribution in [0.25, 0.3) is 0 Å². The fourth-order valence-electron chi connectivity index (χ4n) is 3.97. The lowest BCUT2D eigenvalue weighted by Gasteiger charge is -2.22. The molecule has 1 fully saturated rings. The van der Waals surface area contributed by atoms with Crippen LogP contribution in [0.15, 0.2) is 71.6 Å². The summed E-state index contributed by atoms with van der Waals surface area (Å²) < 4.78 is 66.2. The maximum atomic E-state index is 13.0. The first-order chi connectivity index (χ1) is 20.3. The van der Waals surface area contributed by atoms with Gasteiger partial charge in [-0.3, -0.25) is 9.52 Å². The molecule has 1 heterocycles. The van der Waals surface area contributed by atoms with Crippen LogP contribution in [0.5, 0.6) is 11.5 Å². The molecule has 232 valence electrons. The predicted octanol–water partition coefficient (Wildman–Crippen LogP) is 6.34. The molecule has 0 bridgehead atoms. The van der Waals surface area contributed by atoms with Gasteiger partial charge in [-0.2, -0.15) is 13.2 Å². The second-order valence-corrected chi connectivity index (χ2v) is 11.9. The number of aliphatic carboxylic acids is 1. The van der Waals surface area contributed by atoms with Gasteiger partial charge in [-0.05, 0) is 92.9 Å². The number of ether oxygens (including phenoxy) is 1. The third-order valence-electron chi connectivity index (χ3n) is 6.21. The molecule has 4 N–H and O–H groups in total. The van der Waals surface area contributed by atoms with E-state index in [9.17, 15) is 26.4 Å². The summed E-state index contributed by atoms with van der Waals surface area (Å²) in [5.41, 5.74) is 0.642. The smallest absolute Gasteiger partial charge is 0.475 e. The Bertz CT molecular complexity index is 1520. The molecule has 3 aromatic carbocycles. The molecule has 1 aliphatic rings. The van der Waals surface area contributed by atoms with E-state index in [1.54, 1.807) is 36.4 Å². The van der Waals surface area contributed by atoms with Crippen LogP contribution < -0.4 is 20.1 Å². The minimum absolute atomic E-state index is 0.0214. The standard InChI is InChI=1S/C26H27Cl2N3O4S.C2HF3O2/c27-20-7-10-24(22(28)17-20)35-25-4-2-1-3-23(25)31-36(33,34)21-8-5-19(6-9-21)26(32)30-16-13-18-11-14-29-15-12-18;3-2(4,5)1(6)7/h1-10,17-18,29,31H,11-16H2,(H,30,32);(H,6,7). The van der Waals surface area contributed by atoms with Gasteiger partial charge in [0.1, 0.15) is 5.75 Å². The molecule has 0 saturated carbocycles. The lowest BCUT2D eigenvalue weighted by atomic mass is 9.95. The number of alkyl halides is 3. The van der Waals surface area contributed by atoms with Crippen LogP contribution in [-0.4, -0.2) is 51.2 Å². The number of carboxylic acids is 1.